The second-order valence-corrected chi connectivity index (χ2v) is 5.50. The molecule has 0 saturated heterocycles. The highest BCUT2D eigenvalue weighted by Crippen LogP contribution is 2.31. The number of nitrogens with zero attached hydrogens (tertiary/aromatic N) is 2. The van der Waals surface area contributed by atoms with E-state index >= 15 is 0 Å². The van der Waals surface area contributed by atoms with Gasteiger partial charge in [-0.05, 0) is 46.8 Å². The van der Waals surface area contributed by atoms with E-state index < -0.39 is 0 Å². The molecule has 0 aliphatic heterocycles. The lowest BCUT2D eigenvalue weighted by atomic mass is 10.1. The monoisotopic (exact) mass is 357 g/mol. The van der Waals surface area contributed by atoms with Crippen LogP contribution in [0.5, 0.6) is 0 Å². The lowest BCUT2D eigenvalue weighted by Crippen LogP contribution is -2.14. The van der Waals surface area contributed by atoms with Gasteiger partial charge in [0.25, 0.3) is 5.91 Å². The summed E-state index contributed by atoms with van der Waals surface area (Å²) in [5.41, 5.74) is 1.50. The van der Waals surface area contributed by atoms with E-state index in [4.69, 9.17) is 4.42 Å². The van der Waals surface area contributed by atoms with Crippen molar-refractivity contribution in [2.45, 2.75) is 26.2 Å². The summed E-state index contributed by atoms with van der Waals surface area (Å²) in [6.45, 7) is 3.57. The Morgan fingerprint density at radius 2 is 2.05 bits per heavy atom. The van der Waals surface area contributed by atoms with E-state index in [1.807, 2.05) is 19.2 Å². The normalized spacial score (nSPS) is 10.0. The number of carbonyl (C=O) groups is 1. The molecule has 1 aromatic carbocycles. The van der Waals surface area contributed by atoms with E-state index in [9.17, 15) is 4.79 Å². The van der Waals surface area contributed by atoms with Crippen LogP contribution in [0.2, 0.25) is 0 Å². The maximum Gasteiger partial charge on any atom is 0.322 e. The number of aromatic nitrogens is 2. The van der Waals surface area contributed by atoms with Crippen molar-refractivity contribution in [3.8, 4) is 0 Å². The molecular weight excluding hydrogens is 342 g/mol. The number of aryl methyl sites for hydroxylation is 1. The fourth-order valence-electron chi connectivity index (χ4n) is 1.67. The number of benzene rings is 1. The molecule has 0 spiro atoms. The van der Waals surface area contributed by atoms with E-state index in [2.05, 4.69) is 31.4 Å². The van der Waals surface area contributed by atoms with Gasteiger partial charge in [0, 0.05) is 21.9 Å². The van der Waals surface area contributed by atoms with Crippen molar-refractivity contribution < 1.29 is 9.21 Å². The molecule has 1 N–H and O–H groups in total. The average Bonchev–Trinajstić information content (AvgIpc) is 2.75. The number of thioether (sulfide) groups is 1. The second kappa shape index (κ2) is 6.90. The average molecular weight is 358 g/mol. The second-order valence-electron chi connectivity index (χ2n) is 3.83. The Kier molecular flexibility index (Phi) is 5.76. The van der Waals surface area contributed by atoms with Gasteiger partial charge in [-0.3, -0.25) is 10.1 Å². The van der Waals surface area contributed by atoms with Gasteiger partial charge in [0.1, 0.15) is 0 Å². The fourth-order valence-corrected chi connectivity index (χ4v) is 3.26. The Labute approximate surface area is 130 Å². The maximum atomic E-state index is 12.2. The molecule has 0 unspecified atom stereocenters. The molecule has 0 saturated carbocycles. The van der Waals surface area contributed by atoms with Crippen LogP contribution in [-0.4, -0.2) is 22.4 Å². The Hall–Kier alpha value is -1.34. The van der Waals surface area contributed by atoms with Gasteiger partial charge in [-0.25, -0.2) is 0 Å². The van der Waals surface area contributed by atoms with Crippen LogP contribution in [0, 0.1) is 13.8 Å². The van der Waals surface area contributed by atoms with Gasteiger partial charge in [-0.15, -0.1) is 16.9 Å². The zero-order valence-electron chi connectivity index (χ0n) is 10.7. The predicted molar refractivity (Wildman–Crippen MR) is 84.4 cm³/mol. The number of nitrogens with one attached hydrogen (secondary N) is 1. The first-order valence-electron chi connectivity index (χ1n) is 5.47. The first-order valence-corrected chi connectivity index (χ1v) is 7.49. The zero-order valence-corrected chi connectivity index (χ0v) is 13.1. The van der Waals surface area contributed by atoms with Crippen molar-refractivity contribution in [1.82, 2.24) is 10.2 Å². The quantitative estimate of drug-likeness (QED) is 0.838. The van der Waals surface area contributed by atoms with Crippen LogP contribution in [0.4, 0.5) is 6.01 Å². The summed E-state index contributed by atoms with van der Waals surface area (Å²) < 4.78 is 6.10. The smallest absolute Gasteiger partial charge is 0.322 e. The number of halogens is 1. The third-order valence-corrected chi connectivity index (χ3v) is 4.41. The molecule has 1 amide bonds. The van der Waals surface area contributed by atoms with Gasteiger partial charge < -0.3 is 4.42 Å². The van der Waals surface area contributed by atoms with Gasteiger partial charge in [-0.1, -0.05) is 12.5 Å². The molecule has 0 radical (unpaired) electrons. The molecule has 2 aromatic rings. The molecule has 5 nitrogen and oxygen atoms in total. The summed E-state index contributed by atoms with van der Waals surface area (Å²) in [6.07, 6.45) is 1.97. The van der Waals surface area contributed by atoms with E-state index in [1.165, 1.54) is 0 Å². The van der Waals surface area contributed by atoms with Crippen LogP contribution in [-0.2, 0) is 0 Å². The lowest BCUT2D eigenvalue weighted by Gasteiger charge is -2.10. The minimum absolute atomic E-state index is 0. The summed E-state index contributed by atoms with van der Waals surface area (Å²) in [5, 5.41) is 9.99. The molecule has 0 atom stereocenters. The molecule has 1 heterocycles. The van der Waals surface area contributed by atoms with E-state index in [1.54, 1.807) is 24.8 Å². The topological polar surface area (TPSA) is 68.0 Å². The first kappa shape index (κ1) is 16.7. The molecule has 7 heteroatoms. The van der Waals surface area contributed by atoms with Crippen LogP contribution in [0.3, 0.4) is 0 Å². The van der Waals surface area contributed by atoms with Crippen molar-refractivity contribution in [1.29, 1.82) is 0 Å². The lowest BCUT2D eigenvalue weighted by molar-refractivity contribution is 0.102. The molecule has 0 bridgehead atoms. The van der Waals surface area contributed by atoms with Gasteiger partial charge in [0.2, 0.25) is 5.89 Å². The Morgan fingerprint density at radius 3 is 2.60 bits per heavy atom. The number of hydrogen-bond acceptors (Lipinski definition) is 5. The maximum absolute atomic E-state index is 12.2. The van der Waals surface area contributed by atoms with E-state index in [0.717, 1.165) is 14.9 Å². The number of rotatable bonds is 3. The molecule has 0 aliphatic carbocycles. The molecule has 108 valence electrons. The van der Waals surface area contributed by atoms with Crippen LogP contribution in [0.1, 0.15) is 29.2 Å². The first-order chi connectivity index (χ1) is 9.02. The Bertz CT molecular complexity index is 628. The van der Waals surface area contributed by atoms with E-state index in [-0.39, 0.29) is 19.3 Å². The zero-order chi connectivity index (χ0) is 14.0. The number of amides is 1. The highest BCUT2D eigenvalue weighted by molar-refractivity contribution is 9.10. The molecular formula is C13H16BrN3O2S. The third kappa shape index (κ3) is 3.40. The van der Waals surface area contributed by atoms with E-state index in [0.29, 0.717) is 11.5 Å². The van der Waals surface area contributed by atoms with Gasteiger partial charge in [0.05, 0.1) is 0 Å². The Morgan fingerprint density at radius 1 is 1.35 bits per heavy atom. The van der Waals surface area contributed by atoms with Crippen LogP contribution >= 0.6 is 27.7 Å². The van der Waals surface area contributed by atoms with Gasteiger partial charge >= 0.3 is 6.01 Å². The number of hydrogen-bond donors (Lipinski definition) is 1. The molecule has 1 aromatic heterocycles. The number of carbonyl (C=O) groups excluding carboxylic acids is 1. The molecule has 0 fully saturated rings. The van der Waals surface area contributed by atoms with Crippen molar-refractivity contribution in [2.75, 3.05) is 11.6 Å². The Balaban J connectivity index is 0.00000200. The van der Waals surface area contributed by atoms with Gasteiger partial charge in [0.15, 0.2) is 0 Å². The van der Waals surface area contributed by atoms with Crippen LogP contribution in [0.15, 0.2) is 25.9 Å². The van der Waals surface area contributed by atoms with Crippen LogP contribution in [0.25, 0.3) is 0 Å². The predicted octanol–water partition coefficient (Wildman–Crippen LogP) is 4.06. The van der Waals surface area contributed by atoms with Crippen molar-refractivity contribution in [3.05, 3.63) is 33.6 Å². The van der Waals surface area contributed by atoms with Crippen molar-refractivity contribution in [2.24, 2.45) is 0 Å². The third-order valence-electron chi connectivity index (χ3n) is 2.55. The van der Waals surface area contributed by atoms with Crippen LogP contribution < -0.4 is 5.32 Å². The summed E-state index contributed by atoms with van der Waals surface area (Å²) in [7, 11) is 0. The SMILES string of the molecule is C.CSc1c(Br)ccc(C(=O)Nc2nnc(C)o2)c1C. The molecule has 20 heavy (non-hydrogen) atoms. The minimum atomic E-state index is -0.260. The minimum Gasteiger partial charge on any atom is -0.408 e. The largest absolute Gasteiger partial charge is 0.408 e. The molecule has 0 aliphatic rings. The summed E-state index contributed by atoms with van der Waals surface area (Å²) in [5.74, 6) is 0.150. The number of anilines is 1. The standard InChI is InChI=1S/C12H12BrN3O2S.CH4/c1-6-8(4-5-9(13)10(6)19-3)11(17)14-12-16-15-7(2)18-12;/h4-5H,1-3H3,(H,14,16,17);1H4. The van der Waals surface area contributed by atoms with Gasteiger partial charge in [-0.2, -0.15) is 0 Å². The fraction of sp³-hybridized carbons (Fsp3) is 0.308. The summed E-state index contributed by atoms with van der Waals surface area (Å²) in [4.78, 5) is 13.2. The highest BCUT2D eigenvalue weighted by Gasteiger charge is 2.16. The van der Waals surface area contributed by atoms with Crippen molar-refractivity contribution >= 4 is 39.6 Å². The summed E-state index contributed by atoms with van der Waals surface area (Å²) >= 11 is 5.05. The molecule has 2 rings (SSSR count). The summed E-state index contributed by atoms with van der Waals surface area (Å²) in [6, 6.07) is 3.72. The van der Waals surface area contributed by atoms with Crippen molar-refractivity contribution in [3.63, 3.8) is 0 Å². The highest BCUT2D eigenvalue weighted by atomic mass is 79.9.